The van der Waals surface area contributed by atoms with Crippen molar-refractivity contribution in [3.8, 4) is 11.6 Å². The maximum Gasteiger partial charge on any atom is 0.219 e. The largest absolute Gasteiger partial charge is 0.439 e. The van der Waals surface area contributed by atoms with Gasteiger partial charge in [-0.1, -0.05) is 6.07 Å². The number of hydrogen-bond acceptors (Lipinski definition) is 4. The smallest absolute Gasteiger partial charge is 0.219 e. The number of nitrogens with zero attached hydrogens (tertiary/aromatic N) is 1. The third-order valence-corrected chi connectivity index (χ3v) is 3.20. The van der Waals surface area contributed by atoms with Crippen LogP contribution in [0.5, 0.6) is 11.6 Å². The van der Waals surface area contributed by atoms with E-state index in [1.807, 2.05) is 49.6 Å². The molecular formula is C14H16N2OS. The minimum Gasteiger partial charge on any atom is -0.439 e. The summed E-state index contributed by atoms with van der Waals surface area (Å²) in [6.07, 6.45) is 3.88. The van der Waals surface area contributed by atoms with Gasteiger partial charge in [-0.2, -0.15) is 0 Å². The molecule has 0 bridgehead atoms. The van der Waals surface area contributed by atoms with E-state index < -0.39 is 0 Å². The normalized spacial score (nSPS) is 10.3. The van der Waals surface area contributed by atoms with E-state index in [1.165, 1.54) is 4.90 Å². The van der Waals surface area contributed by atoms with Gasteiger partial charge in [-0.25, -0.2) is 4.98 Å². The molecule has 18 heavy (non-hydrogen) atoms. The second-order valence-electron chi connectivity index (χ2n) is 3.81. The van der Waals surface area contributed by atoms with Crippen LogP contribution in [0.25, 0.3) is 0 Å². The molecule has 94 valence electrons. The first-order valence-corrected chi connectivity index (χ1v) is 6.96. The van der Waals surface area contributed by atoms with Gasteiger partial charge in [-0.3, -0.25) is 0 Å². The van der Waals surface area contributed by atoms with Crippen molar-refractivity contribution in [2.75, 3.05) is 13.3 Å². The molecule has 0 spiro atoms. The maximum atomic E-state index is 5.67. The van der Waals surface area contributed by atoms with Gasteiger partial charge in [-0.05, 0) is 43.1 Å². The Labute approximate surface area is 112 Å². The fraction of sp³-hybridized carbons (Fsp3) is 0.214. The van der Waals surface area contributed by atoms with E-state index in [0.717, 1.165) is 17.9 Å². The van der Waals surface area contributed by atoms with E-state index in [2.05, 4.69) is 16.6 Å². The summed E-state index contributed by atoms with van der Waals surface area (Å²) in [7, 11) is 1.91. The molecule has 2 aromatic rings. The molecule has 0 atom stereocenters. The van der Waals surface area contributed by atoms with Gasteiger partial charge < -0.3 is 10.1 Å². The van der Waals surface area contributed by atoms with Crippen molar-refractivity contribution >= 4 is 11.8 Å². The third kappa shape index (κ3) is 3.48. The van der Waals surface area contributed by atoms with Crippen LogP contribution in [-0.2, 0) is 6.54 Å². The van der Waals surface area contributed by atoms with E-state index in [9.17, 15) is 0 Å². The Kier molecular flexibility index (Phi) is 4.61. The van der Waals surface area contributed by atoms with Gasteiger partial charge in [0, 0.05) is 23.7 Å². The van der Waals surface area contributed by atoms with Crippen molar-refractivity contribution in [3.05, 3.63) is 48.2 Å². The zero-order valence-electron chi connectivity index (χ0n) is 10.5. The summed E-state index contributed by atoms with van der Waals surface area (Å²) < 4.78 is 5.67. The van der Waals surface area contributed by atoms with Crippen LogP contribution in [0.1, 0.15) is 5.56 Å². The highest BCUT2D eigenvalue weighted by atomic mass is 32.2. The summed E-state index contributed by atoms with van der Waals surface area (Å²) in [5, 5.41) is 3.08. The number of rotatable bonds is 5. The average molecular weight is 260 g/mol. The number of benzene rings is 1. The third-order valence-electron chi connectivity index (χ3n) is 2.46. The summed E-state index contributed by atoms with van der Waals surface area (Å²) in [5.74, 6) is 1.42. The van der Waals surface area contributed by atoms with Crippen molar-refractivity contribution in [2.24, 2.45) is 0 Å². The SMILES string of the molecule is CNCc1ccc(Oc2ccc(SC)cc2)nc1. The fourth-order valence-electron chi connectivity index (χ4n) is 1.54. The number of hydrogen-bond donors (Lipinski definition) is 1. The molecular weight excluding hydrogens is 244 g/mol. The Bertz CT molecular complexity index is 482. The van der Waals surface area contributed by atoms with Crippen molar-refractivity contribution in [1.29, 1.82) is 0 Å². The lowest BCUT2D eigenvalue weighted by Gasteiger charge is -2.06. The number of thioether (sulfide) groups is 1. The fourth-order valence-corrected chi connectivity index (χ4v) is 1.95. The lowest BCUT2D eigenvalue weighted by atomic mass is 10.3. The van der Waals surface area contributed by atoms with Crippen molar-refractivity contribution < 1.29 is 4.74 Å². The number of nitrogens with one attached hydrogen (secondary N) is 1. The monoisotopic (exact) mass is 260 g/mol. The molecule has 0 aliphatic carbocycles. The second kappa shape index (κ2) is 6.42. The number of pyridine rings is 1. The lowest BCUT2D eigenvalue weighted by Crippen LogP contribution is -2.05. The van der Waals surface area contributed by atoms with Crippen LogP contribution < -0.4 is 10.1 Å². The van der Waals surface area contributed by atoms with Crippen molar-refractivity contribution in [3.63, 3.8) is 0 Å². The Morgan fingerprint density at radius 3 is 2.50 bits per heavy atom. The van der Waals surface area contributed by atoms with Crippen molar-refractivity contribution in [1.82, 2.24) is 10.3 Å². The van der Waals surface area contributed by atoms with Gasteiger partial charge in [-0.15, -0.1) is 11.8 Å². The topological polar surface area (TPSA) is 34.1 Å². The Balaban J connectivity index is 2.03. The molecule has 0 amide bonds. The second-order valence-corrected chi connectivity index (χ2v) is 4.69. The van der Waals surface area contributed by atoms with E-state index >= 15 is 0 Å². The molecule has 1 aromatic heterocycles. The summed E-state index contributed by atoms with van der Waals surface area (Å²) in [5.41, 5.74) is 1.14. The van der Waals surface area contributed by atoms with E-state index in [1.54, 1.807) is 11.8 Å². The lowest BCUT2D eigenvalue weighted by molar-refractivity contribution is 0.462. The van der Waals surface area contributed by atoms with Crippen LogP contribution in [0.2, 0.25) is 0 Å². The zero-order chi connectivity index (χ0) is 12.8. The molecule has 0 aliphatic heterocycles. The molecule has 0 fully saturated rings. The predicted molar refractivity (Wildman–Crippen MR) is 75.3 cm³/mol. The van der Waals surface area contributed by atoms with E-state index in [-0.39, 0.29) is 0 Å². The summed E-state index contributed by atoms with van der Waals surface area (Å²) >= 11 is 1.71. The molecule has 0 unspecified atom stereocenters. The average Bonchev–Trinajstić information content (AvgIpc) is 2.42. The van der Waals surface area contributed by atoms with E-state index in [0.29, 0.717) is 5.88 Å². The van der Waals surface area contributed by atoms with Gasteiger partial charge >= 0.3 is 0 Å². The zero-order valence-corrected chi connectivity index (χ0v) is 11.3. The summed E-state index contributed by atoms with van der Waals surface area (Å²) in [4.78, 5) is 5.49. The van der Waals surface area contributed by atoms with Gasteiger partial charge in [0.2, 0.25) is 5.88 Å². The summed E-state index contributed by atoms with van der Waals surface area (Å²) in [6, 6.07) is 11.9. The standard InChI is InChI=1S/C14H16N2OS/c1-15-9-11-3-8-14(16-10-11)17-12-4-6-13(18-2)7-5-12/h3-8,10,15H,9H2,1-2H3. The molecule has 1 N–H and O–H groups in total. The molecule has 0 aliphatic rings. The minimum absolute atomic E-state index is 0.617. The molecule has 0 radical (unpaired) electrons. The highest BCUT2D eigenvalue weighted by Gasteiger charge is 1.99. The molecule has 1 aromatic carbocycles. The van der Waals surface area contributed by atoms with Gasteiger partial charge in [0.05, 0.1) is 0 Å². The molecule has 2 rings (SSSR count). The summed E-state index contributed by atoms with van der Waals surface area (Å²) in [6.45, 7) is 0.815. The molecule has 0 saturated carbocycles. The Hall–Kier alpha value is -1.52. The number of aromatic nitrogens is 1. The van der Waals surface area contributed by atoms with Crippen LogP contribution in [0.4, 0.5) is 0 Å². The van der Waals surface area contributed by atoms with Gasteiger partial charge in [0.1, 0.15) is 5.75 Å². The van der Waals surface area contributed by atoms with Crippen LogP contribution in [0.3, 0.4) is 0 Å². The first-order chi connectivity index (χ1) is 8.81. The number of ether oxygens (including phenoxy) is 1. The first kappa shape index (κ1) is 12.9. The van der Waals surface area contributed by atoms with Crippen LogP contribution in [-0.4, -0.2) is 18.3 Å². The van der Waals surface area contributed by atoms with Crippen LogP contribution in [0, 0.1) is 0 Å². The minimum atomic E-state index is 0.617. The molecule has 3 nitrogen and oxygen atoms in total. The Morgan fingerprint density at radius 1 is 1.17 bits per heavy atom. The highest BCUT2D eigenvalue weighted by molar-refractivity contribution is 7.98. The van der Waals surface area contributed by atoms with E-state index in [4.69, 9.17) is 4.74 Å². The molecule has 4 heteroatoms. The predicted octanol–water partition coefficient (Wildman–Crippen LogP) is 3.32. The van der Waals surface area contributed by atoms with Crippen molar-refractivity contribution in [2.45, 2.75) is 11.4 Å². The molecule has 1 heterocycles. The maximum absolute atomic E-state index is 5.67. The first-order valence-electron chi connectivity index (χ1n) is 5.73. The van der Waals surface area contributed by atoms with Gasteiger partial charge in [0.15, 0.2) is 0 Å². The van der Waals surface area contributed by atoms with Crippen LogP contribution in [0.15, 0.2) is 47.5 Å². The quantitative estimate of drug-likeness (QED) is 0.836. The molecule has 0 saturated heterocycles. The van der Waals surface area contributed by atoms with Gasteiger partial charge in [0.25, 0.3) is 0 Å². The highest BCUT2D eigenvalue weighted by Crippen LogP contribution is 2.23. The van der Waals surface area contributed by atoms with Crippen LogP contribution >= 0.6 is 11.8 Å². The Morgan fingerprint density at radius 2 is 1.94 bits per heavy atom.